The average molecular weight is 462 g/mol. The van der Waals surface area contributed by atoms with Gasteiger partial charge in [-0.1, -0.05) is 76.9 Å². The van der Waals surface area contributed by atoms with Crippen LogP contribution in [0.3, 0.4) is 0 Å². The van der Waals surface area contributed by atoms with E-state index in [9.17, 15) is 10.2 Å². The van der Waals surface area contributed by atoms with Crippen molar-refractivity contribution in [2.75, 3.05) is 0 Å². The molecule has 0 bridgehead atoms. The standard InChI is InChI=1S/C23H32O2.2CH3.Zr/c1-14-9-16(20(24)18(11-14)22(3,4)5)13-17-10-15(2)12-19(21(17)25)23(6,7)8;;;/h9-12,24-25H,13H2,1-8H3;2*1H3;/q;2*-1;+2. The molecule has 0 radical (unpaired) electrons. The molecule has 0 spiro atoms. The van der Waals surface area contributed by atoms with Gasteiger partial charge in [0.05, 0.1) is 0 Å². The van der Waals surface area contributed by atoms with Crippen LogP contribution in [0.4, 0.5) is 0 Å². The monoisotopic (exact) mass is 460 g/mol. The molecule has 0 amide bonds. The Morgan fingerprint density at radius 1 is 0.643 bits per heavy atom. The number of aryl methyl sites for hydroxylation is 2. The van der Waals surface area contributed by atoms with Gasteiger partial charge in [-0.2, -0.15) is 0 Å². The quantitative estimate of drug-likeness (QED) is 0.483. The number of aromatic hydroxyl groups is 2. The fraction of sp³-hybridized carbons (Fsp3) is 0.440. The van der Waals surface area contributed by atoms with Crippen LogP contribution in [0.15, 0.2) is 24.3 Å². The van der Waals surface area contributed by atoms with Crippen molar-refractivity contribution in [1.82, 2.24) is 0 Å². The maximum absolute atomic E-state index is 10.8. The molecule has 28 heavy (non-hydrogen) atoms. The van der Waals surface area contributed by atoms with Gasteiger partial charge in [-0.05, 0) is 46.9 Å². The zero-order valence-electron chi connectivity index (χ0n) is 19.4. The van der Waals surface area contributed by atoms with Crippen molar-refractivity contribution in [2.24, 2.45) is 0 Å². The van der Waals surface area contributed by atoms with Crippen LogP contribution in [0.25, 0.3) is 0 Å². The summed E-state index contributed by atoms with van der Waals surface area (Å²) >= 11 is 0. The predicted octanol–water partition coefficient (Wildman–Crippen LogP) is 6.80. The normalized spacial score (nSPS) is 11.1. The molecule has 0 unspecified atom stereocenters. The molecule has 0 aromatic heterocycles. The topological polar surface area (TPSA) is 40.5 Å². The van der Waals surface area contributed by atoms with Crippen LogP contribution in [0, 0.1) is 28.7 Å². The zero-order valence-corrected chi connectivity index (χ0v) is 21.9. The summed E-state index contributed by atoms with van der Waals surface area (Å²) in [7, 11) is 0. The minimum atomic E-state index is -0.129. The largest absolute Gasteiger partial charge is 2.00 e. The fourth-order valence-corrected chi connectivity index (χ4v) is 3.33. The molecule has 0 saturated heterocycles. The summed E-state index contributed by atoms with van der Waals surface area (Å²) in [6.07, 6.45) is 0.521. The van der Waals surface area contributed by atoms with E-state index < -0.39 is 0 Å². The maximum Gasteiger partial charge on any atom is 2.00 e. The van der Waals surface area contributed by atoms with Crippen molar-refractivity contribution in [3.8, 4) is 11.5 Å². The van der Waals surface area contributed by atoms with Crippen LogP contribution >= 0.6 is 0 Å². The Morgan fingerprint density at radius 3 is 1.18 bits per heavy atom. The molecule has 0 saturated carbocycles. The maximum atomic E-state index is 10.8. The van der Waals surface area contributed by atoms with Crippen LogP contribution in [0.2, 0.25) is 0 Å². The van der Waals surface area contributed by atoms with Crippen LogP contribution in [-0.2, 0) is 43.5 Å². The van der Waals surface area contributed by atoms with E-state index in [4.69, 9.17) is 0 Å². The molecular weight excluding hydrogens is 423 g/mol. The minimum absolute atomic E-state index is 0. The van der Waals surface area contributed by atoms with Gasteiger partial charge in [-0.25, -0.2) is 0 Å². The Hall–Kier alpha value is -1.08. The second-order valence-electron chi connectivity index (χ2n) is 9.32. The molecule has 0 aliphatic heterocycles. The second kappa shape index (κ2) is 10.1. The van der Waals surface area contributed by atoms with Gasteiger partial charge in [-0.3, -0.25) is 0 Å². The van der Waals surface area contributed by atoms with Gasteiger partial charge in [0.2, 0.25) is 0 Å². The number of hydrogen-bond acceptors (Lipinski definition) is 2. The molecular formula is C25H38O2Zr. The van der Waals surface area contributed by atoms with Crippen LogP contribution in [0.5, 0.6) is 11.5 Å². The number of phenols is 2. The fourth-order valence-electron chi connectivity index (χ4n) is 3.33. The van der Waals surface area contributed by atoms with Gasteiger partial charge >= 0.3 is 26.2 Å². The molecule has 2 N–H and O–H groups in total. The summed E-state index contributed by atoms with van der Waals surface area (Å²) in [4.78, 5) is 0. The van der Waals surface area contributed by atoms with Crippen molar-refractivity contribution < 1.29 is 36.4 Å². The van der Waals surface area contributed by atoms with Crippen LogP contribution < -0.4 is 0 Å². The average Bonchev–Trinajstić information content (AvgIpc) is 2.43. The van der Waals surface area contributed by atoms with Crippen molar-refractivity contribution in [1.29, 1.82) is 0 Å². The Bertz CT molecular complexity index is 726. The summed E-state index contributed by atoms with van der Waals surface area (Å²) in [5.41, 5.74) is 5.63. The molecule has 2 aromatic rings. The molecule has 0 fully saturated rings. The van der Waals surface area contributed by atoms with Crippen molar-refractivity contribution in [2.45, 2.75) is 72.6 Å². The summed E-state index contributed by atoms with van der Waals surface area (Å²) in [6.45, 7) is 16.7. The third-order valence-electron chi connectivity index (χ3n) is 4.66. The number of rotatable bonds is 2. The van der Waals surface area contributed by atoms with Crippen LogP contribution in [-0.4, -0.2) is 10.2 Å². The number of hydrogen-bond donors (Lipinski definition) is 2. The SMILES string of the molecule is Cc1cc(Cc2cc(C)cc(C(C)(C)C)c2O)c(O)c(C(C)(C)C)c1.[CH3-].[CH3-].[Zr+2]. The van der Waals surface area contributed by atoms with E-state index in [0.29, 0.717) is 17.9 Å². The first kappa shape index (κ1) is 29.1. The first-order valence-electron chi connectivity index (χ1n) is 8.96. The molecule has 154 valence electrons. The van der Waals surface area contributed by atoms with E-state index >= 15 is 0 Å². The minimum Gasteiger partial charge on any atom is -0.507 e. The van der Waals surface area contributed by atoms with Gasteiger partial charge in [-0.15, -0.1) is 0 Å². The summed E-state index contributed by atoms with van der Waals surface area (Å²) in [5.74, 6) is 0.688. The smallest absolute Gasteiger partial charge is 0.507 e. The molecule has 0 atom stereocenters. The second-order valence-corrected chi connectivity index (χ2v) is 9.32. The first-order chi connectivity index (χ1) is 11.3. The molecule has 0 aliphatic rings. The Morgan fingerprint density at radius 2 is 0.929 bits per heavy atom. The molecule has 2 nitrogen and oxygen atoms in total. The van der Waals surface area contributed by atoms with Crippen molar-refractivity contribution in [3.05, 3.63) is 72.5 Å². The molecule has 2 aromatic carbocycles. The van der Waals surface area contributed by atoms with E-state index in [2.05, 4.69) is 67.5 Å². The summed E-state index contributed by atoms with van der Waals surface area (Å²) < 4.78 is 0. The van der Waals surface area contributed by atoms with Gasteiger partial charge in [0.25, 0.3) is 0 Å². The third-order valence-corrected chi connectivity index (χ3v) is 4.66. The predicted molar refractivity (Wildman–Crippen MR) is 119 cm³/mol. The molecule has 3 heteroatoms. The van der Waals surface area contributed by atoms with E-state index in [1.54, 1.807) is 0 Å². The van der Waals surface area contributed by atoms with Gasteiger partial charge < -0.3 is 25.1 Å². The summed E-state index contributed by atoms with van der Waals surface area (Å²) in [5, 5.41) is 21.6. The van der Waals surface area contributed by atoms with Gasteiger partial charge in [0, 0.05) is 6.42 Å². The summed E-state index contributed by atoms with van der Waals surface area (Å²) in [6, 6.07) is 8.14. The van der Waals surface area contributed by atoms with E-state index in [1.807, 2.05) is 12.1 Å². The van der Waals surface area contributed by atoms with Crippen LogP contribution in [0.1, 0.15) is 74.9 Å². The van der Waals surface area contributed by atoms with Crippen molar-refractivity contribution >= 4 is 0 Å². The Labute approximate surface area is 192 Å². The van der Waals surface area contributed by atoms with Crippen molar-refractivity contribution in [3.63, 3.8) is 0 Å². The Balaban J connectivity index is 0. The number of phenolic OH excluding ortho intramolecular Hbond substituents is 2. The molecule has 0 aliphatic carbocycles. The molecule has 2 rings (SSSR count). The Kier molecular flexibility index (Phi) is 10.5. The number of benzene rings is 2. The van der Waals surface area contributed by atoms with E-state index in [1.165, 1.54) is 0 Å². The zero-order chi connectivity index (χ0) is 19.2. The third kappa shape index (κ3) is 6.48. The van der Waals surface area contributed by atoms with E-state index in [0.717, 1.165) is 33.4 Å². The first-order valence-corrected chi connectivity index (χ1v) is 8.96. The van der Waals surface area contributed by atoms with Gasteiger partial charge in [0.1, 0.15) is 11.5 Å². The van der Waals surface area contributed by atoms with E-state index in [-0.39, 0.29) is 51.9 Å². The molecule has 0 heterocycles. The van der Waals surface area contributed by atoms with Gasteiger partial charge in [0.15, 0.2) is 0 Å².